The molecule has 0 radical (unpaired) electrons. The number of benzene rings is 1. The second-order valence-electron chi connectivity index (χ2n) is 5.74. The lowest BCUT2D eigenvalue weighted by atomic mass is 9.99. The van der Waals surface area contributed by atoms with Crippen molar-refractivity contribution >= 4 is 27.5 Å². The Kier molecular flexibility index (Phi) is 7.06. The summed E-state index contributed by atoms with van der Waals surface area (Å²) in [5.41, 5.74) is 0. The van der Waals surface area contributed by atoms with Crippen LogP contribution in [-0.4, -0.2) is 56.6 Å². The van der Waals surface area contributed by atoms with Crippen molar-refractivity contribution in [1.82, 2.24) is 9.62 Å². The molecule has 140 valence electrons. The fourth-order valence-electron chi connectivity index (χ4n) is 2.76. The Morgan fingerprint density at radius 3 is 2.88 bits per heavy atom. The summed E-state index contributed by atoms with van der Waals surface area (Å²) in [5.74, 6) is -0.227. The van der Waals surface area contributed by atoms with Gasteiger partial charge in [-0.1, -0.05) is 11.6 Å². The molecule has 7 nitrogen and oxygen atoms in total. The fraction of sp³-hybridized carbons (Fsp3) is 0.562. The number of amides is 1. The minimum Gasteiger partial charge on any atom is -0.492 e. The topological polar surface area (TPSA) is 95.9 Å². The minimum absolute atomic E-state index is 0.0809. The van der Waals surface area contributed by atoms with Crippen molar-refractivity contribution in [2.75, 3.05) is 32.8 Å². The molecule has 1 aromatic carbocycles. The number of hydrogen-bond donors (Lipinski definition) is 2. The van der Waals surface area contributed by atoms with Crippen LogP contribution in [0.15, 0.2) is 23.1 Å². The van der Waals surface area contributed by atoms with E-state index in [2.05, 4.69) is 5.32 Å². The normalized spacial score (nSPS) is 18.8. The van der Waals surface area contributed by atoms with E-state index in [0.29, 0.717) is 31.7 Å². The number of nitrogens with zero attached hydrogens (tertiary/aromatic N) is 1. The summed E-state index contributed by atoms with van der Waals surface area (Å²) in [6.07, 6.45) is 1.22. The Bertz CT molecular complexity index is 710. The number of aliphatic hydroxyl groups is 1. The van der Waals surface area contributed by atoms with Gasteiger partial charge in [0.2, 0.25) is 15.9 Å². The van der Waals surface area contributed by atoms with E-state index < -0.39 is 15.9 Å². The van der Waals surface area contributed by atoms with Gasteiger partial charge in [-0.2, -0.15) is 4.31 Å². The molecular weight excluding hydrogens is 368 g/mol. The van der Waals surface area contributed by atoms with Gasteiger partial charge in [0.05, 0.1) is 29.0 Å². The number of piperidine rings is 1. The van der Waals surface area contributed by atoms with Crippen molar-refractivity contribution < 1.29 is 23.1 Å². The first-order valence-electron chi connectivity index (χ1n) is 8.21. The molecule has 0 spiro atoms. The highest BCUT2D eigenvalue weighted by Gasteiger charge is 2.33. The van der Waals surface area contributed by atoms with E-state index >= 15 is 0 Å². The molecule has 9 heteroatoms. The lowest BCUT2D eigenvalue weighted by Gasteiger charge is -2.31. The van der Waals surface area contributed by atoms with Gasteiger partial charge < -0.3 is 15.2 Å². The Hall–Kier alpha value is -1.35. The zero-order valence-corrected chi connectivity index (χ0v) is 15.6. The van der Waals surface area contributed by atoms with Crippen molar-refractivity contribution in [2.45, 2.75) is 24.7 Å². The van der Waals surface area contributed by atoms with Crippen LogP contribution in [0.5, 0.6) is 5.75 Å². The summed E-state index contributed by atoms with van der Waals surface area (Å²) in [7, 11) is -3.74. The van der Waals surface area contributed by atoms with Crippen molar-refractivity contribution in [3.63, 3.8) is 0 Å². The molecule has 0 unspecified atom stereocenters. The third-order valence-corrected chi connectivity index (χ3v) is 6.16. The lowest BCUT2D eigenvalue weighted by Crippen LogP contribution is -2.45. The summed E-state index contributed by atoms with van der Waals surface area (Å²) in [4.78, 5) is 12.1. The molecule has 2 rings (SSSR count). The maximum Gasteiger partial charge on any atom is 0.243 e. The number of aliphatic hydroxyl groups excluding tert-OH is 1. The van der Waals surface area contributed by atoms with E-state index in [4.69, 9.17) is 21.4 Å². The van der Waals surface area contributed by atoms with Crippen LogP contribution in [0.2, 0.25) is 5.02 Å². The molecule has 1 heterocycles. The van der Waals surface area contributed by atoms with Gasteiger partial charge in [-0.3, -0.25) is 4.79 Å². The second-order valence-corrected chi connectivity index (χ2v) is 8.09. The Balaban J connectivity index is 2.15. The van der Waals surface area contributed by atoms with Crippen LogP contribution >= 0.6 is 11.6 Å². The fourth-order valence-corrected chi connectivity index (χ4v) is 4.61. The number of nitrogens with one attached hydrogen (secondary N) is 1. The van der Waals surface area contributed by atoms with Crippen molar-refractivity contribution in [3.05, 3.63) is 23.2 Å². The molecule has 0 bridgehead atoms. The number of ether oxygens (including phenoxy) is 1. The molecule has 1 aliphatic rings. The Morgan fingerprint density at radius 1 is 1.48 bits per heavy atom. The highest BCUT2D eigenvalue weighted by Crippen LogP contribution is 2.30. The monoisotopic (exact) mass is 390 g/mol. The second kappa shape index (κ2) is 8.84. The SMILES string of the molecule is CCOc1ccc(S(=O)(=O)N2CCC[C@@H](C(=O)NCCO)C2)cc1Cl. The van der Waals surface area contributed by atoms with Gasteiger partial charge in [0.1, 0.15) is 5.75 Å². The predicted octanol–water partition coefficient (Wildman–Crippen LogP) is 1.25. The van der Waals surface area contributed by atoms with E-state index in [1.165, 1.54) is 22.5 Å². The molecule has 1 saturated heterocycles. The number of carbonyl (C=O) groups excluding carboxylic acids is 1. The third kappa shape index (κ3) is 4.84. The number of halogens is 1. The third-order valence-electron chi connectivity index (χ3n) is 4.01. The largest absolute Gasteiger partial charge is 0.492 e. The standard InChI is InChI=1S/C16H23ClN2O5S/c1-2-24-15-6-5-13(10-14(15)17)25(22,23)19-8-3-4-12(11-19)16(21)18-7-9-20/h5-6,10,12,20H,2-4,7-9,11H2,1H3,(H,18,21)/t12-/m1/s1. The minimum atomic E-state index is -3.74. The van der Waals surface area contributed by atoms with E-state index in [1.54, 1.807) is 0 Å². The van der Waals surface area contributed by atoms with E-state index in [9.17, 15) is 13.2 Å². The van der Waals surface area contributed by atoms with Gasteiger partial charge in [0.15, 0.2) is 0 Å². The van der Waals surface area contributed by atoms with Gasteiger partial charge in [-0.05, 0) is 38.0 Å². The van der Waals surface area contributed by atoms with Crippen LogP contribution in [0.3, 0.4) is 0 Å². The van der Waals surface area contributed by atoms with E-state index in [0.717, 1.165) is 0 Å². The van der Waals surface area contributed by atoms with Crippen molar-refractivity contribution in [2.24, 2.45) is 5.92 Å². The Labute approximate surface area is 153 Å². The summed E-state index contributed by atoms with van der Waals surface area (Å²) >= 11 is 6.09. The first kappa shape index (κ1) is 20.0. The number of sulfonamides is 1. The molecule has 0 aromatic heterocycles. The maximum atomic E-state index is 12.8. The van der Waals surface area contributed by atoms with Gasteiger partial charge in [0, 0.05) is 19.6 Å². The molecule has 1 fully saturated rings. The molecular formula is C16H23ClN2O5S. The lowest BCUT2D eigenvalue weighted by molar-refractivity contribution is -0.126. The van der Waals surface area contributed by atoms with E-state index in [-0.39, 0.29) is 35.5 Å². The summed E-state index contributed by atoms with van der Waals surface area (Å²) < 4.78 is 32.3. The molecule has 0 aliphatic carbocycles. The molecule has 1 atom stereocenters. The predicted molar refractivity (Wildman–Crippen MR) is 94.2 cm³/mol. The van der Waals surface area contributed by atoms with Gasteiger partial charge in [0.25, 0.3) is 0 Å². The zero-order valence-electron chi connectivity index (χ0n) is 14.1. The van der Waals surface area contributed by atoms with Crippen LogP contribution in [0.4, 0.5) is 0 Å². The molecule has 1 aliphatic heterocycles. The molecule has 2 N–H and O–H groups in total. The molecule has 1 amide bonds. The summed E-state index contributed by atoms with van der Waals surface area (Å²) in [6.45, 7) is 2.74. The van der Waals surface area contributed by atoms with E-state index in [1.807, 2.05) is 6.92 Å². The van der Waals surface area contributed by atoms with Crippen LogP contribution in [0.25, 0.3) is 0 Å². The van der Waals surface area contributed by atoms with Crippen LogP contribution in [0.1, 0.15) is 19.8 Å². The molecule has 1 aromatic rings. The maximum absolute atomic E-state index is 12.8. The van der Waals surface area contributed by atoms with Gasteiger partial charge in [-0.15, -0.1) is 0 Å². The van der Waals surface area contributed by atoms with Crippen LogP contribution < -0.4 is 10.1 Å². The number of hydrogen-bond acceptors (Lipinski definition) is 5. The smallest absolute Gasteiger partial charge is 0.243 e. The first-order valence-corrected chi connectivity index (χ1v) is 10.0. The quantitative estimate of drug-likeness (QED) is 0.730. The number of rotatable bonds is 7. The van der Waals surface area contributed by atoms with Gasteiger partial charge in [-0.25, -0.2) is 8.42 Å². The summed E-state index contributed by atoms with van der Waals surface area (Å²) in [6, 6.07) is 4.37. The summed E-state index contributed by atoms with van der Waals surface area (Å²) in [5, 5.41) is 11.6. The Morgan fingerprint density at radius 2 is 2.24 bits per heavy atom. The first-order chi connectivity index (χ1) is 11.9. The highest BCUT2D eigenvalue weighted by molar-refractivity contribution is 7.89. The van der Waals surface area contributed by atoms with Crippen molar-refractivity contribution in [3.8, 4) is 5.75 Å². The number of carbonyl (C=O) groups is 1. The molecule has 25 heavy (non-hydrogen) atoms. The average Bonchev–Trinajstić information content (AvgIpc) is 2.61. The average molecular weight is 391 g/mol. The van der Waals surface area contributed by atoms with Gasteiger partial charge >= 0.3 is 0 Å². The van der Waals surface area contributed by atoms with Crippen LogP contribution in [0, 0.1) is 5.92 Å². The van der Waals surface area contributed by atoms with Crippen LogP contribution in [-0.2, 0) is 14.8 Å². The van der Waals surface area contributed by atoms with Crippen molar-refractivity contribution in [1.29, 1.82) is 0 Å². The highest BCUT2D eigenvalue weighted by atomic mass is 35.5. The zero-order chi connectivity index (χ0) is 18.4. The molecule has 0 saturated carbocycles.